The molecule has 162 valence electrons. The molecule has 0 spiro atoms. The van der Waals surface area contributed by atoms with Crippen molar-refractivity contribution in [3.05, 3.63) is 41.5 Å². The van der Waals surface area contributed by atoms with Crippen LogP contribution in [0.4, 0.5) is 5.69 Å². The molecule has 1 aliphatic rings. The maximum absolute atomic E-state index is 12.5. The SMILES string of the molecule is CC(=O)N[C@H]1C[C@@H](c2cccc(NC(=O)Cn3nc(C)nc3C)c2)O[C@@H](C(C)C)C1. The van der Waals surface area contributed by atoms with Crippen molar-refractivity contribution < 1.29 is 14.3 Å². The van der Waals surface area contributed by atoms with Gasteiger partial charge in [0.2, 0.25) is 11.8 Å². The fraction of sp³-hybridized carbons (Fsp3) is 0.545. The Balaban J connectivity index is 1.70. The van der Waals surface area contributed by atoms with Gasteiger partial charge in [0.05, 0.1) is 12.2 Å². The van der Waals surface area contributed by atoms with Gasteiger partial charge in [0, 0.05) is 18.7 Å². The number of benzene rings is 1. The van der Waals surface area contributed by atoms with Gasteiger partial charge in [-0.1, -0.05) is 26.0 Å². The zero-order valence-corrected chi connectivity index (χ0v) is 18.3. The molecule has 2 N–H and O–H groups in total. The Hall–Kier alpha value is -2.74. The summed E-state index contributed by atoms with van der Waals surface area (Å²) in [5.74, 6) is 1.51. The fourth-order valence-electron chi connectivity index (χ4n) is 3.87. The van der Waals surface area contributed by atoms with Crippen molar-refractivity contribution in [2.24, 2.45) is 5.92 Å². The number of carbonyl (C=O) groups excluding carboxylic acids is 2. The third kappa shape index (κ3) is 5.66. The number of carbonyl (C=O) groups is 2. The van der Waals surface area contributed by atoms with Gasteiger partial charge in [-0.15, -0.1) is 0 Å². The Kier molecular flexibility index (Phi) is 6.87. The van der Waals surface area contributed by atoms with Crippen LogP contribution >= 0.6 is 0 Å². The molecule has 0 aliphatic carbocycles. The van der Waals surface area contributed by atoms with E-state index in [2.05, 4.69) is 34.6 Å². The fourth-order valence-corrected chi connectivity index (χ4v) is 3.87. The van der Waals surface area contributed by atoms with E-state index >= 15 is 0 Å². The molecule has 30 heavy (non-hydrogen) atoms. The molecule has 1 aromatic carbocycles. The third-order valence-electron chi connectivity index (χ3n) is 5.30. The van der Waals surface area contributed by atoms with Crippen LogP contribution in [0.3, 0.4) is 0 Å². The van der Waals surface area contributed by atoms with Crippen LogP contribution in [0.5, 0.6) is 0 Å². The highest BCUT2D eigenvalue weighted by Crippen LogP contribution is 2.35. The smallest absolute Gasteiger partial charge is 0.246 e. The molecule has 1 saturated heterocycles. The van der Waals surface area contributed by atoms with Crippen molar-refractivity contribution in [3.8, 4) is 0 Å². The predicted octanol–water partition coefficient (Wildman–Crippen LogP) is 2.91. The Labute approximate surface area is 177 Å². The van der Waals surface area contributed by atoms with Gasteiger partial charge >= 0.3 is 0 Å². The summed E-state index contributed by atoms with van der Waals surface area (Å²) in [4.78, 5) is 28.3. The number of hydrogen-bond acceptors (Lipinski definition) is 5. The largest absolute Gasteiger partial charge is 0.370 e. The van der Waals surface area contributed by atoms with Gasteiger partial charge in [0.1, 0.15) is 18.2 Å². The number of anilines is 1. The summed E-state index contributed by atoms with van der Waals surface area (Å²) in [6, 6.07) is 7.78. The lowest BCUT2D eigenvalue weighted by Crippen LogP contribution is -2.43. The molecule has 1 aromatic heterocycles. The molecule has 8 nitrogen and oxygen atoms in total. The average molecular weight is 414 g/mol. The Morgan fingerprint density at radius 1 is 1.27 bits per heavy atom. The normalized spacial score (nSPS) is 21.5. The summed E-state index contributed by atoms with van der Waals surface area (Å²) in [7, 11) is 0. The molecule has 1 aliphatic heterocycles. The minimum atomic E-state index is -0.166. The number of ether oxygens (including phenoxy) is 1. The van der Waals surface area contributed by atoms with E-state index in [1.54, 1.807) is 18.5 Å². The second-order valence-electron chi connectivity index (χ2n) is 8.31. The summed E-state index contributed by atoms with van der Waals surface area (Å²) >= 11 is 0. The first kappa shape index (κ1) is 22.0. The van der Waals surface area contributed by atoms with E-state index < -0.39 is 0 Å². The summed E-state index contributed by atoms with van der Waals surface area (Å²) in [6.07, 6.45) is 1.44. The standard InChI is InChI=1S/C22H31N5O3/c1-13(2)20-10-19(24-16(5)28)11-21(30-20)17-7-6-8-18(9-17)25-22(29)12-27-15(4)23-14(3)26-27/h6-9,13,19-21H,10-12H2,1-5H3,(H,24,28)(H,25,29)/t19-,20-,21+/m1/s1. The van der Waals surface area contributed by atoms with E-state index in [4.69, 9.17) is 4.74 Å². The molecule has 8 heteroatoms. The van der Waals surface area contributed by atoms with Crippen LogP contribution in [0.15, 0.2) is 24.3 Å². The van der Waals surface area contributed by atoms with Crippen molar-refractivity contribution in [2.45, 2.75) is 72.3 Å². The molecular formula is C22H31N5O3. The van der Waals surface area contributed by atoms with Crippen molar-refractivity contribution in [1.82, 2.24) is 20.1 Å². The van der Waals surface area contributed by atoms with E-state index in [1.807, 2.05) is 31.2 Å². The number of hydrogen-bond donors (Lipinski definition) is 2. The van der Waals surface area contributed by atoms with Gasteiger partial charge in [-0.2, -0.15) is 5.10 Å². The van der Waals surface area contributed by atoms with Gasteiger partial charge in [-0.3, -0.25) is 9.59 Å². The molecule has 2 aromatic rings. The molecule has 1 fully saturated rings. The summed E-state index contributed by atoms with van der Waals surface area (Å²) in [5, 5.41) is 10.2. The monoisotopic (exact) mass is 413 g/mol. The lowest BCUT2D eigenvalue weighted by Gasteiger charge is -2.38. The second-order valence-corrected chi connectivity index (χ2v) is 8.31. The molecular weight excluding hydrogens is 382 g/mol. The first-order valence-electron chi connectivity index (χ1n) is 10.4. The molecule has 3 atom stereocenters. The molecule has 0 saturated carbocycles. The Morgan fingerprint density at radius 3 is 2.67 bits per heavy atom. The molecule has 3 rings (SSSR count). The topological polar surface area (TPSA) is 98.1 Å². The zero-order valence-electron chi connectivity index (χ0n) is 18.3. The van der Waals surface area contributed by atoms with E-state index in [0.717, 1.165) is 12.0 Å². The first-order valence-corrected chi connectivity index (χ1v) is 10.4. The maximum Gasteiger partial charge on any atom is 0.246 e. The highest BCUT2D eigenvalue weighted by Gasteiger charge is 2.32. The van der Waals surface area contributed by atoms with E-state index in [-0.39, 0.29) is 36.6 Å². The van der Waals surface area contributed by atoms with Crippen molar-refractivity contribution in [2.75, 3.05) is 5.32 Å². The summed E-state index contributed by atoms with van der Waals surface area (Å²) in [5.41, 5.74) is 1.69. The van der Waals surface area contributed by atoms with E-state index in [1.165, 1.54) is 0 Å². The van der Waals surface area contributed by atoms with Crippen LogP contribution in [0, 0.1) is 19.8 Å². The van der Waals surface area contributed by atoms with Gasteiger partial charge in [0.15, 0.2) is 0 Å². The number of rotatable bonds is 6. The van der Waals surface area contributed by atoms with Gasteiger partial charge in [-0.05, 0) is 50.3 Å². The Morgan fingerprint density at radius 2 is 2.03 bits per heavy atom. The third-order valence-corrected chi connectivity index (χ3v) is 5.30. The van der Waals surface area contributed by atoms with Gasteiger partial charge in [-0.25, -0.2) is 9.67 Å². The second kappa shape index (κ2) is 9.38. The van der Waals surface area contributed by atoms with Crippen LogP contribution in [0.25, 0.3) is 0 Å². The maximum atomic E-state index is 12.5. The van der Waals surface area contributed by atoms with Gasteiger partial charge < -0.3 is 15.4 Å². The number of amides is 2. The molecule has 0 unspecified atom stereocenters. The van der Waals surface area contributed by atoms with Crippen LogP contribution in [-0.2, 0) is 20.9 Å². The average Bonchev–Trinajstić information content (AvgIpc) is 2.97. The zero-order chi connectivity index (χ0) is 21.8. The van der Waals surface area contributed by atoms with E-state index in [9.17, 15) is 9.59 Å². The van der Waals surface area contributed by atoms with Crippen LogP contribution in [0.1, 0.15) is 56.9 Å². The van der Waals surface area contributed by atoms with Crippen LogP contribution < -0.4 is 10.6 Å². The highest BCUT2D eigenvalue weighted by molar-refractivity contribution is 5.90. The van der Waals surface area contributed by atoms with Crippen LogP contribution in [-0.4, -0.2) is 38.7 Å². The lowest BCUT2D eigenvalue weighted by atomic mass is 9.89. The van der Waals surface area contributed by atoms with Crippen molar-refractivity contribution >= 4 is 17.5 Å². The number of nitrogens with one attached hydrogen (secondary N) is 2. The summed E-state index contributed by atoms with van der Waals surface area (Å²) < 4.78 is 7.92. The highest BCUT2D eigenvalue weighted by atomic mass is 16.5. The minimum absolute atomic E-state index is 0.0252. The number of nitrogens with zero attached hydrogens (tertiary/aromatic N) is 3. The first-order chi connectivity index (χ1) is 14.2. The van der Waals surface area contributed by atoms with Crippen molar-refractivity contribution in [1.29, 1.82) is 0 Å². The number of aromatic nitrogens is 3. The van der Waals surface area contributed by atoms with Gasteiger partial charge in [0.25, 0.3) is 0 Å². The quantitative estimate of drug-likeness (QED) is 0.759. The van der Waals surface area contributed by atoms with E-state index in [0.29, 0.717) is 29.7 Å². The molecule has 2 heterocycles. The van der Waals surface area contributed by atoms with Crippen LogP contribution in [0.2, 0.25) is 0 Å². The summed E-state index contributed by atoms with van der Waals surface area (Å²) in [6.45, 7) is 9.53. The number of aryl methyl sites for hydroxylation is 2. The van der Waals surface area contributed by atoms with Crippen molar-refractivity contribution in [3.63, 3.8) is 0 Å². The Bertz CT molecular complexity index is 908. The lowest BCUT2D eigenvalue weighted by molar-refractivity contribution is -0.123. The molecule has 0 radical (unpaired) electrons. The minimum Gasteiger partial charge on any atom is -0.370 e. The predicted molar refractivity (Wildman–Crippen MR) is 114 cm³/mol. The molecule has 0 bridgehead atoms. The molecule has 2 amide bonds.